The van der Waals surface area contributed by atoms with E-state index >= 15 is 0 Å². The number of methoxy groups -OCH3 is 1. The molecule has 0 aliphatic carbocycles. The van der Waals surface area contributed by atoms with Crippen LogP contribution in [0.3, 0.4) is 0 Å². The van der Waals surface area contributed by atoms with E-state index in [0.717, 1.165) is 28.5 Å². The number of anilines is 1. The van der Waals surface area contributed by atoms with Crippen molar-refractivity contribution in [3.05, 3.63) is 28.8 Å². The van der Waals surface area contributed by atoms with Crippen LogP contribution in [0.15, 0.2) is 12.1 Å². The van der Waals surface area contributed by atoms with Crippen LogP contribution in [0.5, 0.6) is 0 Å². The van der Waals surface area contributed by atoms with Crippen molar-refractivity contribution in [1.29, 1.82) is 0 Å². The molecule has 0 radical (unpaired) electrons. The molecule has 25 heavy (non-hydrogen) atoms. The van der Waals surface area contributed by atoms with E-state index in [9.17, 15) is 14.4 Å². The van der Waals surface area contributed by atoms with Gasteiger partial charge < -0.3 is 4.74 Å². The average molecular weight is 365 g/mol. The zero-order valence-electron chi connectivity index (χ0n) is 16.1. The molecule has 0 aromatic heterocycles. The van der Waals surface area contributed by atoms with E-state index in [0.29, 0.717) is 5.69 Å². The number of carbonyl (C=O) groups excluding carboxylic acids is 3. The summed E-state index contributed by atoms with van der Waals surface area (Å²) in [6.45, 7) is 11.0. The minimum atomic E-state index is -0.521. The zero-order chi connectivity index (χ0) is 19.4. The molecule has 0 atom stereocenters. The Hall–Kier alpha value is -1.82. The van der Waals surface area contributed by atoms with E-state index in [1.807, 2.05) is 53.7 Å². The molecule has 0 bridgehead atoms. The smallest absolute Gasteiger partial charge is 0.325 e. The summed E-state index contributed by atoms with van der Waals surface area (Å²) in [4.78, 5) is 38.1. The third-order valence-electron chi connectivity index (χ3n) is 3.93. The van der Waals surface area contributed by atoms with Gasteiger partial charge in [0.15, 0.2) is 5.12 Å². The highest BCUT2D eigenvalue weighted by atomic mass is 32.2. The standard InChI is InChI=1S/C19H27NO4S/c1-12-8-9-13(2)17(14(12)3)20(10-16(22)24-7)15(21)11-25-18(23)19(4,5)6/h8-9H,10-11H2,1-7H3. The molecule has 0 heterocycles. The second kappa shape index (κ2) is 8.52. The first-order valence-corrected chi connectivity index (χ1v) is 9.08. The highest BCUT2D eigenvalue weighted by molar-refractivity contribution is 8.14. The maximum absolute atomic E-state index is 12.8. The molecule has 0 N–H and O–H groups in total. The van der Waals surface area contributed by atoms with Gasteiger partial charge in [-0.05, 0) is 37.5 Å². The van der Waals surface area contributed by atoms with Crippen LogP contribution in [-0.4, -0.2) is 36.4 Å². The SMILES string of the molecule is COC(=O)CN(C(=O)CSC(=O)C(C)(C)C)c1c(C)ccc(C)c1C. The molecule has 0 aliphatic heterocycles. The maximum atomic E-state index is 12.8. The normalized spacial score (nSPS) is 11.2. The number of benzene rings is 1. The number of amides is 1. The fraction of sp³-hybridized carbons (Fsp3) is 0.526. The Kier molecular flexibility index (Phi) is 7.23. The Morgan fingerprint density at radius 2 is 1.64 bits per heavy atom. The first-order valence-electron chi connectivity index (χ1n) is 8.10. The summed E-state index contributed by atoms with van der Waals surface area (Å²) in [6.07, 6.45) is 0. The van der Waals surface area contributed by atoms with Crippen LogP contribution in [-0.2, 0) is 19.1 Å². The molecule has 0 fully saturated rings. The van der Waals surface area contributed by atoms with Crippen LogP contribution < -0.4 is 4.90 Å². The number of carbonyl (C=O) groups is 3. The predicted octanol–water partition coefficient (Wildman–Crippen LogP) is 3.42. The molecule has 1 rings (SSSR count). The molecule has 1 amide bonds. The van der Waals surface area contributed by atoms with Gasteiger partial charge in [0, 0.05) is 5.41 Å². The molecule has 0 saturated heterocycles. The van der Waals surface area contributed by atoms with Crippen LogP contribution in [0.2, 0.25) is 0 Å². The van der Waals surface area contributed by atoms with Gasteiger partial charge in [-0.15, -0.1) is 0 Å². The van der Waals surface area contributed by atoms with Crippen LogP contribution in [0.4, 0.5) is 5.69 Å². The Labute approximate surface area is 154 Å². The van der Waals surface area contributed by atoms with Crippen molar-refractivity contribution in [3.63, 3.8) is 0 Å². The third kappa shape index (κ3) is 5.59. The van der Waals surface area contributed by atoms with Crippen molar-refractivity contribution < 1.29 is 19.1 Å². The number of hydrogen-bond donors (Lipinski definition) is 0. The number of hydrogen-bond acceptors (Lipinski definition) is 5. The van der Waals surface area contributed by atoms with Gasteiger partial charge in [0.25, 0.3) is 0 Å². The highest BCUT2D eigenvalue weighted by Crippen LogP contribution is 2.29. The fourth-order valence-corrected chi connectivity index (χ4v) is 3.10. The van der Waals surface area contributed by atoms with Gasteiger partial charge in [0.2, 0.25) is 5.91 Å². The first kappa shape index (κ1) is 21.2. The van der Waals surface area contributed by atoms with Gasteiger partial charge in [0.05, 0.1) is 18.6 Å². The molecular formula is C19H27NO4S. The summed E-state index contributed by atoms with van der Waals surface area (Å²) >= 11 is 0.983. The lowest BCUT2D eigenvalue weighted by Crippen LogP contribution is -2.39. The van der Waals surface area contributed by atoms with Crippen molar-refractivity contribution >= 4 is 34.4 Å². The maximum Gasteiger partial charge on any atom is 0.325 e. The summed E-state index contributed by atoms with van der Waals surface area (Å²) in [5.41, 5.74) is 3.05. The highest BCUT2D eigenvalue weighted by Gasteiger charge is 2.27. The molecule has 0 saturated carbocycles. The number of esters is 1. The monoisotopic (exact) mass is 365 g/mol. The largest absolute Gasteiger partial charge is 0.468 e. The second-order valence-electron chi connectivity index (χ2n) is 7.06. The summed E-state index contributed by atoms with van der Waals surface area (Å²) in [5.74, 6) is -0.800. The Balaban J connectivity index is 3.14. The van der Waals surface area contributed by atoms with Gasteiger partial charge in [-0.1, -0.05) is 44.7 Å². The van der Waals surface area contributed by atoms with Crippen LogP contribution in [0, 0.1) is 26.2 Å². The lowest BCUT2D eigenvalue weighted by Gasteiger charge is -2.26. The number of aryl methyl sites for hydroxylation is 2. The first-order chi connectivity index (χ1) is 11.5. The van der Waals surface area contributed by atoms with Crippen molar-refractivity contribution in [2.24, 2.45) is 5.41 Å². The molecule has 5 nitrogen and oxygen atoms in total. The lowest BCUT2D eigenvalue weighted by atomic mass is 10.00. The molecule has 6 heteroatoms. The number of rotatable bonds is 5. The Bertz CT molecular complexity index is 677. The van der Waals surface area contributed by atoms with E-state index in [1.165, 1.54) is 12.0 Å². The average Bonchev–Trinajstić information content (AvgIpc) is 2.53. The number of thioether (sulfide) groups is 1. The minimum Gasteiger partial charge on any atom is -0.468 e. The van der Waals surface area contributed by atoms with E-state index in [-0.39, 0.29) is 23.3 Å². The van der Waals surface area contributed by atoms with Crippen molar-refractivity contribution in [2.75, 3.05) is 24.3 Å². The quantitative estimate of drug-likeness (QED) is 0.748. The van der Waals surface area contributed by atoms with Gasteiger partial charge >= 0.3 is 5.97 Å². The zero-order valence-corrected chi connectivity index (χ0v) is 16.9. The van der Waals surface area contributed by atoms with Gasteiger partial charge in [-0.25, -0.2) is 0 Å². The predicted molar refractivity (Wildman–Crippen MR) is 102 cm³/mol. The molecule has 1 aromatic carbocycles. The third-order valence-corrected chi connectivity index (χ3v) is 5.19. The molecule has 1 aromatic rings. The topological polar surface area (TPSA) is 63.7 Å². The summed E-state index contributed by atoms with van der Waals surface area (Å²) in [6, 6.07) is 3.90. The molecule has 138 valence electrons. The molecular weight excluding hydrogens is 338 g/mol. The number of nitrogens with zero attached hydrogens (tertiary/aromatic N) is 1. The van der Waals surface area contributed by atoms with E-state index < -0.39 is 11.4 Å². The van der Waals surface area contributed by atoms with Crippen LogP contribution >= 0.6 is 11.8 Å². The Morgan fingerprint density at radius 3 is 2.16 bits per heavy atom. The van der Waals surface area contributed by atoms with E-state index in [2.05, 4.69) is 0 Å². The molecule has 0 aliphatic rings. The van der Waals surface area contributed by atoms with Gasteiger partial charge in [-0.3, -0.25) is 19.3 Å². The van der Waals surface area contributed by atoms with Gasteiger partial charge in [-0.2, -0.15) is 0 Å². The lowest BCUT2D eigenvalue weighted by molar-refractivity contribution is -0.139. The summed E-state index contributed by atoms with van der Waals surface area (Å²) < 4.78 is 4.74. The van der Waals surface area contributed by atoms with Crippen molar-refractivity contribution in [2.45, 2.75) is 41.5 Å². The number of ether oxygens (including phenoxy) is 1. The molecule has 0 spiro atoms. The molecule has 0 unspecified atom stereocenters. The van der Waals surface area contributed by atoms with Crippen molar-refractivity contribution in [3.8, 4) is 0 Å². The van der Waals surface area contributed by atoms with Crippen molar-refractivity contribution in [1.82, 2.24) is 0 Å². The minimum absolute atomic E-state index is 0.0140. The Morgan fingerprint density at radius 1 is 1.08 bits per heavy atom. The van der Waals surface area contributed by atoms with Gasteiger partial charge in [0.1, 0.15) is 6.54 Å². The van der Waals surface area contributed by atoms with E-state index in [1.54, 1.807) is 0 Å². The van der Waals surface area contributed by atoms with Crippen LogP contribution in [0.1, 0.15) is 37.5 Å². The summed E-state index contributed by atoms with van der Waals surface area (Å²) in [5, 5.41) is -0.0587. The second-order valence-corrected chi connectivity index (χ2v) is 8.00. The fourth-order valence-electron chi connectivity index (χ4n) is 2.26. The van der Waals surface area contributed by atoms with E-state index in [4.69, 9.17) is 4.74 Å². The van der Waals surface area contributed by atoms with Crippen LogP contribution in [0.25, 0.3) is 0 Å². The summed E-state index contributed by atoms with van der Waals surface area (Å²) in [7, 11) is 1.29.